The molecule has 0 radical (unpaired) electrons. The zero-order valence-corrected chi connectivity index (χ0v) is 17.6. The van der Waals surface area contributed by atoms with Crippen molar-refractivity contribution in [3.63, 3.8) is 0 Å². The van der Waals surface area contributed by atoms with E-state index >= 15 is 0 Å². The van der Waals surface area contributed by atoms with Gasteiger partial charge in [-0.05, 0) is 87.9 Å². The van der Waals surface area contributed by atoms with Gasteiger partial charge < -0.3 is 20.3 Å². The van der Waals surface area contributed by atoms with Crippen LogP contribution >= 0.6 is 0 Å². The van der Waals surface area contributed by atoms with Crippen molar-refractivity contribution in [2.75, 3.05) is 32.6 Å². The summed E-state index contributed by atoms with van der Waals surface area (Å²) < 4.78 is 5.30. The lowest BCUT2D eigenvalue weighted by atomic mass is 9.96. The number of fused-ring (bicyclic) bond motifs is 1. The van der Waals surface area contributed by atoms with Crippen molar-refractivity contribution >= 4 is 28.6 Å². The van der Waals surface area contributed by atoms with Gasteiger partial charge in [0.2, 0.25) is 0 Å². The SMILES string of the molecule is COc1ccc(C(NC2CCN(C)CC2)=C2C(=O)Nc3ccc(C(C)=O)cc32)cc1. The van der Waals surface area contributed by atoms with Crippen molar-refractivity contribution < 1.29 is 14.3 Å². The topological polar surface area (TPSA) is 70.7 Å². The zero-order chi connectivity index (χ0) is 21.3. The summed E-state index contributed by atoms with van der Waals surface area (Å²) in [6.07, 6.45) is 2.01. The minimum atomic E-state index is -0.156. The number of nitrogens with one attached hydrogen (secondary N) is 2. The summed E-state index contributed by atoms with van der Waals surface area (Å²) in [5.41, 5.74) is 4.38. The highest BCUT2D eigenvalue weighted by molar-refractivity contribution is 6.36. The number of nitrogens with zero attached hydrogens (tertiary/aromatic N) is 1. The number of likely N-dealkylation sites (tertiary alicyclic amines) is 1. The van der Waals surface area contributed by atoms with E-state index in [0.29, 0.717) is 11.1 Å². The van der Waals surface area contributed by atoms with E-state index < -0.39 is 0 Å². The predicted molar refractivity (Wildman–Crippen MR) is 119 cm³/mol. The van der Waals surface area contributed by atoms with Crippen molar-refractivity contribution in [3.8, 4) is 5.75 Å². The maximum Gasteiger partial charge on any atom is 0.258 e. The maximum atomic E-state index is 13.0. The van der Waals surface area contributed by atoms with Crippen LogP contribution in [0, 0.1) is 0 Å². The fourth-order valence-electron chi connectivity index (χ4n) is 4.05. The summed E-state index contributed by atoms with van der Waals surface area (Å²) in [5, 5.41) is 6.61. The number of ether oxygens (including phenoxy) is 1. The number of benzene rings is 2. The molecular weight excluding hydrogens is 378 g/mol. The maximum absolute atomic E-state index is 13.0. The van der Waals surface area contributed by atoms with Crippen LogP contribution < -0.4 is 15.4 Å². The van der Waals surface area contributed by atoms with Crippen molar-refractivity contribution in [1.29, 1.82) is 0 Å². The Kier molecular flexibility index (Phi) is 5.59. The number of piperidine rings is 1. The molecule has 0 atom stereocenters. The molecule has 1 saturated heterocycles. The second-order valence-electron chi connectivity index (χ2n) is 7.97. The van der Waals surface area contributed by atoms with Crippen LogP contribution in [-0.4, -0.2) is 49.9 Å². The van der Waals surface area contributed by atoms with Crippen LogP contribution in [0.5, 0.6) is 5.75 Å². The van der Waals surface area contributed by atoms with Gasteiger partial charge >= 0.3 is 0 Å². The Morgan fingerprint density at radius 1 is 1.10 bits per heavy atom. The molecule has 2 aliphatic heterocycles. The molecule has 2 heterocycles. The molecule has 2 aromatic carbocycles. The molecule has 0 bridgehead atoms. The Balaban J connectivity index is 1.82. The number of amides is 1. The quantitative estimate of drug-likeness (QED) is 0.589. The first-order valence-electron chi connectivity index (χ1n) is 10.3. The van der Waals surface area contributed by atoms with Gasteiger partial charge in [-0.15, -0.1) is 0 Å². The molecule has 1 amide bonds. The Hall–Kier alpha value is -3.12. The van der Waals surface area contributed by atoms with E-state index in [1.165, 1.54) is 6.92 Å². The van der Waals surface area contributed by atoms with Crippen LogP contribution in [0.3, 0.4) is 0 Å². The van der Waals surface area contributed by atoms with Crippen LogP contribution in [-0.2, 0) is 4.79 Å². The van der Waals surface area contributed by atoms with E-state index in [4.69, 9.17) is 4.74 Å². The molecule has 6 nitrogen and oxygen atoms in total. The highest BCUT2D eigenvalue weighted by Crippen LogP contribution is 2.37. The Labute approximate surface area is 176 Å². The third-order valence-corrected chi connectivity index (χ3v) is 5.87. The van der Waals surface area contributed by atoms with Crippen LogP contribution in [0.25, 0.3) is 11.3 Å². The Bertz CT molecular complexity index is 1000. The van der Waals surface area contributed by atoms with E-state index in [2.05, 4.69) is 22.6 Å². The minimum absolute atomic E-state index is 0.0224. The molecule has 156 valence electrons. The van der Waals surface area contributed by atoms with E-state index in [0.717, 1.165) is 54.2 Å². The lowest BCUT2D eigenvalue weighted by Crippen LogP contribution is -2.40. The van der Waals surface area contributed by atoms with Gasteiger partial charge in [0.1, 0.15) is 5.75 Å². The highest BCUT2D eigenvalue weighted by atomic mass is 16.5. The molecule has 0 unspecified atom stereocenters. The standard InChI is InChI=1S/C24H27N3O3/c1-15(28)17-6-9-21-20(14-17)22(24(29)26-21)23(16-4-7-19(30-3)8-5-16)25-18-10-12-27(2)13-11-18/h4-9,14,18,25H,10-13H2,1-3H3,(H,26,29). The van der Waals surface area contributed by atoms with Gasteiger partial charge in [-0.3, -0.25) is 9.59 Å². The lowest BCUT2D eigenvalue weighted by Gasteiger charge is -2.31. The molecule has 0 saturated carbocycles. The molecular formula is C24H27N3O3. The minimum Gasteiger partial charge on any atom is -0.497 e. The van der Waals surface area contributed by atoms with Crippen molar-refractivity contribution in [3.05, 3.63) is 59.2 Å². The Morgan fingerprint density at radius 3 is 2.40 bits per heavy atom. The van der Waals surface area contributed by atoms with Crippen LogP contribution in [0.15, 0.2) is 42.5 Å². The third kappa shape index (κ3) is 3.96. The van der Waals surface area contributed by atoms with Crippen LogP contribution in [0.1, 0.15) is 41.3 Å². The second-order valence-corrected chi connectivity index (χ2v) is 7.97. The summed E-state index contributed by atoms with van der Waals surface area (Å²) in [7, 11) is 3.76. The van der Waals surface area contributed by atoms with Gasteiger partial charge in [-0.25, -0.2) is 0 Å². The summed E-state index contributed by atoms with van der Waals surface area (Å²) in [5.74, 6) is 0.584. The summed E-state index contributed by atoms with van der Waals surface area (Å²) >= 11 is 0. The fourth-order valence-corrected chi connectivity index (χ4v) is 4.05. The molecule has 1 fully saturated rings. The fraction of sp³-hybridized carbons (Fsp3) is 0.333. The average molecular weight is 405 g/mol. The third-order valence-electron chi connectivity index (χ3n) is 5.87. The summed E-state index contributed by atoms with van der Waals surface area (Å²) in [6.45, 7) is 3.57. The second kappa shape index (κ2) is 8.32. The van der Waals surface area contributed by atoms with Gasteiger partial charge in [-0.1, -0.05) is 0 Å². The van der Waals surface area contributed by atoms with E-state index in [1.807, 2.05) is 30.3 Å². The largest absolute Gasteiger partial charge is 0.497 e. The van der Waals surface area contributed by atoms with Crippen LogP contribution in [0.4, 0.5) is 5.69 Å². The zero-order valence-electron chi connectivity index (χ0n) is 17.6. The van der Waals surface area contributed by atoms with Crippen molar-refractivity contribution in [1.82, 2.24) is 10.2 Å². The van der Waals surface area contributed by atoms with Gasteiger partial charge in [-0.2, -0.15) is 0 Å². The Morgan fingerprint density at radius 2 is 1.77 bits per heavy atom. The lowest BCUT2D eigenvalue weighted by molar-refractivity contribution is -0.110. The molecule has 2 aliphatic rings. The molecule has 30 heavy (non-hydrogen) atoms. The number of rotatable bonds is 5. The predicted octanol–water partition coefficient (Wildman–Crippen LogP) is 3.40. The number of anilines is 1. The smallest absolute Gasteiger partial charge is 0.258 e. The number of ketones is 1. The first-order chi connectivity index (χ1) is 14.5. The van der Waals surface area contributed by atoms with Crippen molar-refractivity contribution in [2.45, 2.75) is 25.8 Å². The monoisotopic (exact) mass is 405 g/mol. The summed E-state index contributed by atoms with van der Waals surface area (Å²) in [6, 6.07) is 13.4. The van der Waals surface area contributed by atoms with Crippen LogP contribution in [0.2, 0.25) is 0 Å². The van der Waals surface area contributed by atoms with Gasteiger partial charge in [0.15, 0.2) is 5.78 Å². The average Bonchev–Trinajstić information content (AvgIpc) is 3.08. The summed E-state index contributed by atoms with van der Waals surface area (Å²) in [4.78, 5) is 27.3. The first kappa shape index (κ1) is 20.2. The first-order valence-corrected chi connectivity index (χ1v) is 10.3. The van der Waals surface area contributed by atoms with E-state index in [9.17, 15) is 9.59 Å². The molecule has 2 aromatic rings. The molecule has 0 aliphatic carbocycles. The van der Waals surface area contributed by atoms with Gasteiger partial charge in [0.25, 0.3) is 5.91 Å². The van der Waals surface area contributed by atoms with Crippen molar-refractivity contribution in [2.24, 2.45) is 0 Å². The number of Topliss-reactive ketones (excluding diaryl/α,β-unsaturated/α-hetero) is 1. The number of methoxy groups -OCH3 is 1. The van der Waals surface area contributed by atoms with Gasteiger partial charge in [0.05, 0.1) is 18.4 Å². The van der Waals surface area contributed by atoms with E-state index in [-0.39, 0.29) is 17.7 Å². The molecule has 4 rings (SSSR count). The van der Waals surface area contributed by atoms with Gasteiger partial charge in [0, 0.05) is 22.9 Å². The molecule has 6 heteroatoms. The normalized spacial score (nSPS) is 18.6. The number of carbonyl (C=O) groups is 2. The molecule has 0 spiro atoms. The molecule has 2 N–H and O–H groups in total. The number of hydrogen-bond donors (Lipinski definition) is 2. The van der Waals surface area contributed by atoms with E-state index in [1.54, 1.807) is 19.2 Å². The molecule has 0 aromatic heterocycles. The highest BCUT2D eigenvalue weighted by Gasteiger charge is 2.30. The number of hydrogen-bond acceptors (Lipinski definition) is 5. The number of carbonyl (C=O) groups excluding carboxylic acids is 2.